The molecule has 0 saturated carbocycles. The molecule has 0 aliphatic rings. The summed E-state index contributed by atoms with van der Waals surface area (Å²) in [4.78, 5) is 0. The smallest absolute Gasteiger partial charge is 0.148 e. The molecule has 4 nitrogen and oxygen atoms in total. The molecule has 0 aliphatic heterocycles. The van der Waals surface area contributed by atoms with E-state index in [2.05, 4.69) is 5.32 Å². The molecule has 0 fully saturated rings. The van der Waals surface area contributed by atoms with Crippen molar-refractivity contribution in [3.63, 3.8) is 0 Å². The van der Waals surface area contributed by atoms with Gasteiger partial charge in [-0.3, -0.25) is 0 Å². The van der Waals surface area contributed by atoms with Gasteiger partial charge in [0.1, 0.15) is 9.84 Å². The first kappa shape index (κ1) is 14.9. The molecule has 0 amide bonds. The first-order valence-corrected chi connectivity index (χ1v) is 7.17. The average molecular weight is 237 g/mol. The number of aliphatic hydroxyl groups excluding tert-OH is 1. The van der Waals surface area contributed by atoms with Crippen LogP contribution in [-0.4, -0.2) is 44.2 Å². The van der Waals surface area contributed by atoms with Crippen LogP contribution >= 0.6 is 0 Å². The van der Waals surface area contributed by atoms with Gasteiger partial charge in [-0.05, 0) is 12.3 Å². The van der Waals surface area contributed by atoms with E-state index in [1.54, 1.807) is 6.92 Å². The standard InChI is InChI=1S/C10H23NO3S/c1-8(7-15(5,13)14)11-6-9(12)10(2,3)4/h8-9,11-12H,6-7H2,1-5H3. The third kappa shape index (κ3) is 7.76. The topological polar surface area (TPSA) is 66.4 Å². The van der Waals surface area contributed by atoms with Crippen molar-refractivity contribution in [2.24, 2.45) is 5.41 Å². The van der Waals surface area contributed by atoms with Crippen LogP contribution < -0.4 is 5.32 Å². The third-order valence-corrected chi connectivity index (χ3v) is 3.32. The van der Waals surface area contributed by atoms with Gasteiger partial charge in [0.25, 0.3) is 0 Å². The van der Waals surface area contributed by atoms with E-state index in [0.29, 0.717) is 6.54 Å². The van der Waals surface area contributed by atoms with Crippen molar-refractivity contribution in [3.8, 4) is 0 Å². The van der Waals surface area contributed by atoms with Gasteiger partial charge in [-0.25, -0.2) is 8.42 Å². The van der Waals surface area contributed by atoms with E-state index in [4.69, 9.17) is 0 Å². The lowest BCUT2D eigenvalue weighted by molar-refractivity contribution is 0.0615. The van der Waals surface area contributed by atoms with Crippen LogP contribution in [0.25, 0.3) is 0 Å². The van der Waals surface area contributed by atoms with Crippen LogP contribution in [0, 0.1) is 5.41 Å². The molecule has 0 aliphatic carbocycles. The minimum atomic E-state index is -2.95. The van der Waals surface area contributed by atoms with Gasteiger partial charge in [-0.2, -0.15) is 0 Å². The summed E-state index contributed by atoms with van der Waals surface area (Å²) in [5, 5.41) is 12.7. The highest BCUT2D eigenvalue weighted by atomic mass is 32.2. The Kier molecular flexibility index (Phi) is 5.23. The molecule has 0 aromatic heterocycles. The molecule has 92 valence electrons. The summed E-state index contributed by atoms with van der Waals surface area (Å²) in [5.41, 5.74) is -0.183. The van der Waals surface area contributed by atoms with Crippen molar-refractivity contribution in [1.82, 2.24) is 5.32 Å². The van der Waals surface area contributed by atoms with Crippen molar-refractivity contribution in [2.45, 2.75) is 39.8 Å². The zero-order chi connectivity index (χ0) is 12.3. The summed E-state index contributed by atoms with van der Waals surface area (Å²) in [6.07, 6.45) is 0.741. The number of aliphatic hydroxyl groups is 1. The molecule has 0 aromatic carbocycles. The van der Waals surface area contributed by atoms with Crippen molar-refractivity contribution in [2.75, 3.05) is 18.6 Å². The predicted molar refractivity (Wildman–Crippen MR) is 62.6 cm³/mol. The highest BCUT2D eigenvalue weighted by Crippen LogP contribution is 2.18. The maximum absolute atomic E-state index is 11.0. The second-order valence-corrected chi connectivity index (χ2v) is 7.47. The fourth-order valence-electron chi connectivity index (χ4n) is 1.13. The monoisotopic (exact) mass is 237 g/mol. The van der Waals surface area contributed by atoms with Gasteiger partial charge < -0.3 is 10.4 Å². The summed E-state index contributed by atoms with van der Waals surface area (Å²) >= 11 is 0. The van der Waals surface area contributed by atoms with Crippen LogP contribution in [0.5, 0.6) is 0 Å². The Morgan fingerprint density at radius 1 is 1.33 bits per heavy atom. The molecule has 0 bridgehead atoms. The fraction of sp³-hybridized carbons (Fsp3) is 1.00. The molecule has 0 aromatic rings. The van der Waals surface area contributed by atoms with Gasteiger partial charge in [0.05, 0.1) is 11.9 Å². The van der Waals surface area contributed by atoms with E-state index in [-0.39, 0.29) is 17.2 Å². The molecule has 0 spiro atoms. The molecule has 0 rings (SSSR count). The maximum atomic E-state index is 11.0. The summed E-state index contributed by atoms with van der Waals surface area (Å²) < 4.78 is 22.0. The Bertz CT molecular complexity index is 280. The molecule has 5 heteroatoms. The Labute approximate surface area is 93.0 Å². The predicted octanol–water partition coefficient (Wildman–Crippen LogP) is 0.416. The first-order valence-electron chi connectivity index (χ1n) is 5.11. The Hall–Kier alpha value is -0.130. The maximum Gasteiger partial charge on any atom is 0.148 e. The van der Waals surface area contributed by atoms with Gasteiger partial charge in [-0.15, -0.1) is 0 Å². The zero-order valence-corrected chi connectivity index (χ0v) is 11.1. The van der Waals surface area contributed by atoms with Gasteiger partial charge in [0.15, 0.2) is 0 Å². The summed E-state index contributed by atoms with van der Waals surface area (Å²) in [7, 11) is -2.95. The lowest BCUT2D eigenvalue weighted by Gasteiger charge is -2.27. The third-order valence-electron chi connectivity index (χ3n) is 2.21. The number of hydrogen-bond acceptors (Lipinski definition) is 4. The Morgan fingerprint density at radius 2 is 1.80 bits per heavy atom. The summed E-state index contributed by atoms with van der Waals surface area (Å²) in [6.45, 7) is 8.05. The number of nitrogens with one attached hydrogen (secondary N) is 1. The minimum absolute atomic E-state index is 0.101. The molecule has 2 unspecified atom stereocenters. The fourth-order valence-corrected chi connectivity index (χ4v) is 2.16. The Balaban J connectivity index is 3.97. The second kappa shape index (κ2) is 5.27. The second-order valence-electron chi connectivity index (χ2n) is 5.28. The van der Waals surface area contributed by atoms with Crippen LogP contribution in [-0.2, 0) is 9.84 Å². The highest BCUT2D eigenvalue weighted by Gasteiger charge is 2.22. The molecule has 2 atom stereocenters. The van der Waals surface area contributed by atoms with Crippen molar-refractivity contribution in [1.29, 1.82) is 0 Å². The van der Waals surface area contributed by atoms with E-state index >= 15 is 0 Å². The van der Waals surface area contributed by atoms with Gasteiger partial charge in [0.2, 0.25) is 0 Å². The first-order chi connectivity index (χ1) is 6.52. The molecule has 0 heterocycles. The molecular formula is C10H23NO3S. The van der Waals surface area contributed by atoms with Gasteiger partial charge in [0, 0.05) is 18.8 Å². The highest BCUT2D eigenvalue weighted by molar-refractivity contribution is 7.90. The van der Waals surface area contributed by atoms with Crippen molar-refractivity contribution < 1.29 is 13.5 Å². The van der Waals surface area contributed by atoms with Crippen LogP contribution in [0.3, 0.4) is 0 Å². The van der Waals surface area contributed by atoms with Crippen LogP contribution in [0.4, 0.5) is 0 Å². The SMILES string of the molecule is CC(CS(C)(=O)=O)NCC(O)C(C)(C)C. The molecule has 2 N–H and O–H groups in total. The quantitative estimate of drug-likeness (QED) is 0.727. The van der Waals surface area contributed by atoms with E-state index in [9.17, 15) is 13.5 Å². The number of rotatable bonds is 5. The van der Waals surface area contributed by atoms with E-state index in [0.717, 1.165) is 0 Å². The van der Waals surface area contributed by atoms with Crippen molar-refractivity contribution >= 4 is 9.84 Å². The number of hydrogen-bond donors (Lipinski definition) is 2. The van der Waals surface area contributed by atoms with E-state index in [1.807, 2.05) is 20.8 Å². The molecule has 0 saturated heterocycles. The number of sulfone groups is 1. The lowest BCUT2D eigenvalue weighted by atomic mass is 9.89. The zero-order valence-electron chi connectivity index (χ0n) is 10.2. The average Bonchev–Trinajstić information content (AvgIpc) is 1.94. The van der Waals surface area contributed by atoms with E-state index < -0.39 is 15.9 Å². The van der Waals surface area contributed by atoms with Crippen LogP contribution in [0.1, 0.15) is 27.7 Å². The summed E-state index contributed by atoms with van der Waals surface area (Å²) in [5.74, 6) is 0.101. The van der Waals surface area contributed by atoms with Crippen LogP contribution in [0.15, 0.2) is 0 Å². The van der Waals surface area contributed by atoms with Gasteiger partial charge in [-0.1, -0.05) is 20.8 Å². The lowest BCUT2D eigenvalue weighted by Crippen LogP contribution is -2.42. The largest absolute Gasteiger partial charge is 0.391 e. The Morgan fingerprint density at radius 3 is 2.13 bits per heavy atom. The minimum Gasteiger partial charge on any atom is -0.391 e. The van der Waals surface area contributed by atoms with Crippen LogP contribution in [0.2, 0.25) is 0 Å². The molecular weight excluding hydrogens is 214 g/mol. The van der Waals surface area contributed by atoms with Crippen molar-refractivity contribution in [3.05, 3.63) is 0 Å². The normalized spacial score (nSPS) is 17.5. The van der Waals surface area contributed by atoms with E-state index in [1.165, 1.54) is 6.26 Å². The summed E-state index contributed by atoms with van der Waals surface area (Å²) in [6, 6.07) is -0.128. The van der Waals surface area contributed by atoms with Gasteiger partial charge >= 0.3 is 0 Å². The molecule has 0 radical (unpaired) electrons. The molecule has 15 heavy (non-hydrogen) atoms.